The summed E-state index contributed by atoms with van der Waals surface area (Å²) in [5, 5.41) is 0. The number of halogens is 1. The molecule has 1 aliphatic rings. The van der Waals surface area contributed by atoms with E-state index in [1.165, 1.54) is 0 Å². The molecule has 3 heteroatoms. The highest BCUT2D eigenvalue weighted by molar-refractivity contribution is 5.85. The summed E-state index contributed by atoms with van der Waals surface area (Å²) in [5.41, 5.74) is 0. The molecule has 40 valence electrons. The van der Waals surface area contributed by atoms with Gasteiger partial charge in [-0.15, -0.1) is 0 Å². The second-order valence-corrected chi connectivity index (χ2v) is 1.45. The van der Waals surface area contributed by atoms with Crippen molar-refractivity contribution in [3.05, 3.63) is 0 Å². The van der Waals surface area contributed by atoms with E-state index in [-0.39, 0.29) is 13.2 Å². The zero-order valence-corrected chi connectivity index (χ0v) is 3.69. The van der Waals surface area contributed by atoms with Gasteiger partial charge >= 0.3 is 0 Å². The van der Waals surface area contributed by atoms with Crippen molar-refractivity contribution < 1.29 is 13.9 Å². The van der Waals surface area contributed by atoms with Crippen molar-refractivity contribution in [2.45, 2.75) is 6.17 Å². The summed E-state index contributed by atoms with van der Waals surface area (Å²) in [4.78, 5) is 10.1. The molecule has 0 aliphatic carbocycles. The lowest BCUT2D eigenvalue weighted by Crippen LogP contribution is -2.10. The molecule has 7 heavy (non-hydrogen) atoms. The SMILES string of the molecule is O=C1COC[C@H]1F. The van der Waals surface area contributed by atoms with Crippen molar-refractivity contribution in [3.8, 4) is 0 Å². The Balaban J connectivity index is 2.48. The van der Waals surface area contributed by atoms with E-state index < -0.39 is 12.0 Å². The van der Waals surface area contributed by atoms with Crippen molar-refractivity contribution in [2.75, 3.05) is 13.2 Å². The van der Waals surface area contributed by atoms with Crippen molar-refractivity contribution in [1.82, 2.24) is 0 Å². The summed E-state index contributed by atoms with van der Waals surface area (Å²) < 4.78 is 16.3. The lowest BCUT2D eigenvalue weighted by atomic mass is 10.3. The second-order valence-electron chi connectivity index (χ2n) is 1.45. The zero-order valence-electron chi connectivity index (χ0n) is 3.69. The fourth-order valence-electron chi connectivity index (χ4n) is 0.446. The third-order valence-electron chi connectivity index (χ3n) is 0.858. The molecule has 1 aliphatic heterocycles. The average Bonchev–Trinajstić information content (AvgIpc) is 1.91. The summed E-state index contributed by atoms with van der Waals surface area (Å²) in [6.07, 6.45) is -1.35. The Morgan fingerprint density at radius 2 is 2.57 bits per heavy atom. The van der Waals surface area contributed by atoms with E-state index in [0.29, 0.717) is 0 Å². The first-order chi connectivity index (χ1) is 3.30. The highest BCUT2D eigenvalue weighted by atomic mass is 19.1. The van der Waals surface area contributed by atoms with E-state index in [2.05, 4.69) is 4.74 Å². The van der Waals surface area contributed by atoms with Crippen LogP contribution in [0.4, 0.5) is 4.39 Å². The number of carbonyl (C=O) groups is 1. The van der Waals surface area contributed by atoms with Crippen LogP contribution in [0.15, 0.2) is 0 Å². The molecule has 1 heterocycles. The third kappa shape index (κ3) is 0.771. The van der Waals surface area contributed by atoms with Gasteiger partial charge in [0.15, 0.2) is 12.0 Å². The molecular formula is C4H5FO2. The van der Waals surface area contributed by atoms with Crippen LogP contribution in [0.2, 0.25) is 0 Å². The van der Waals surface area contributed by atoms with E-state index in [0.717, 1.165) is 0 Å². The van der Waals surface area contributed by atoms with Gasteiger partial charge in [0.05, 0.1) is 6.61 Å². The predicted octanol–water partition coefficient (Wildman–Crippen LogP) is -0.0762. The number of ketones is 1. The van der Waals surface area contributed by atoms with Gasteiger partial charge in [-0.2, -0.15) is 0 Å². The van der Waals surface area contributed by atoms with Gasteiger partial charge in [-0.05, 0) is 0 Å². The summed E-state index contributed by atoms with van der Waals surface area (Å²) in [6.45, 7) is -0.0833. The number of rotatable bonds is 0. The van der Waals surface area contributed by atoms with Crippen molar-refractivity contribution in [2.24, 2.45) is 0 Å². The second kappa shape index (κ2) is 1.58. The summed E-state index contributed by atoms with van der Waals surface area (Å²) >= 11 is 0. The molecule has 1 rings (SSSR count). The average molecular weight is 104 g/mol. The van der Waals surface area contributed by atoms with Crippen LogP contribution in [0.25, 0.3) is 0 Å². The molecule has 0 aromatic carbocycles. The topological polar surface area (TPSA) is 26.3 Å². The maximum Gasteiger partial charge on any atom is 0.194 e. The Kier molecular flexibility index (Phi) is 1.06. The van der Waals surface area contributed by atoms with Crippen LogP contribution in [-0.2, 0) is 9.53 Å². The van der Waals surface area contributed by atoms with Crippen LogP contribution in [0.3, 0.4) is 0 Å². The maximum absolute atomic E-state index is 11.8. The summed E-state index contributed by atoms with van der Waals surface area (Å²) in [6, 6.07) is 0. The summed E-state index contributed by atoms with van der Waals surface area (Å²) in [7, 11) is 0. The van der Waals surface area contributed by atoms with E-state index in [4.69, 9.17) is 0 Å². The Labute approximate surface area is 40.3 Å². The van der Waals surface area contributed by atoms with Crippen molar-refractivity contribution in [3.63, 3.8) is 0 Å². The van der Waals surface area contributed by atoms with Gasteiger partial charge in [0, 0.05) is 0 Å². The number of hydrogen-bond acceptors (Lipinski definition) is 2. The first-order valence-electron chi connectivity index (χ1n) is 2.05. The number of carbonyl (C=O) groups excluding carboxylic acids is 1. The first-order valence-corrected chi connectivity index (χ1v) is 2.05. The van der Waals surface area contributed by atoms with E-state index in [1.54, 1.807) is 0 Å². The molecule has 0 spiro atoms. The maximum atomic E-state index is 11.8. The molecule has 0 saturated carbocycles. The predicted molar refractivity (Wildman–Crippen MR) is 20.7 cm³/mol. The normalized spacial score (nSPS) is 31.6. The number of Topliss-reactive ketones (excluding diaryl/α,β-unsaturated/α-hetero) is 1. The largest absolute Gasteiger partial charge is 0.370 e. The van der Waals surface area contributed by atoms with E-state index >= 15 is 0 Å². The summed E-state index contributed by atoms with van der Waals surface area (Å²) in [5.74, 6) is -0.431. The van der Waals surface area contributed by atoms with E-state index in [9.17, 15) is 9.18 Å². The molecule has 1 fully saturated rings. The fourth-order valence-corrected chi connectivity index (χ4v) is 0.446. The van der Waals surface area contributed by atoms with Gasteiger partial charge in [-0.1, -0.05) is 0 Å². The Bertz CT molecular complexity index is 91.7. The first kappa shape index (κ1) is 4.71. The van der Waals surface area contributed by atoms with Gasteiger partial charge < -0.3 is 4.74 Å². The molecular weight excluding hydrogens is 99.0 g/mol. The molecule has 0 amide bonds. The molecule has 0 radical (unpaired) electrons. The highest BCUT2D eigenvalue weighted by Crippen LogP contribution is 2.01. The van der Waals surface area contributed by atoms with Gasteiger partial charge in [0.25, 0.3) is 0 Å². The number of hydrogen-bond donors (Lipinski definition) is 0. The van der Waals surface area contributed by atoms with Crippen LogP contribution >= 0.6 is 0 Å². The third-order valence-corrected chi connectivity index (χ3v) is 0.858. The molecule has 2 nitrogen and oxygen atoms in total. The smallest absolute Gasteiger partial charge is 0.194 e. The standard InChI is InChI=1S/C4H5FO2/c5-3-1-7-2-4(3)6/h3H,1-2H2/t3-/m1/s1. The number of ether oxygens (including phenoxy) is 1. The monoisotopic (exact) mass is 104 g/mol. The molecule has 0 aromatic rings. The minimum atomic E-state index is -1.35. The van der Waals surface area contributed by atoms with Crippen molar-refractivity contribution in [1.29, 1.82) is 0 Å². The molecule has 1 saturated heterocycles. The van der Waals surface area contributed by atoms with Gasteiger partial charge in [-0.3, -0.25) is 4.79 Å². The minimum absolute atomic E-state index is 0.0405. The molecule has 1 atom stereocenters. The number of alkyl halides is 1. The van der Waals surface area contributed by atoms with Crippen LogP contribution in [0, 0.1) is 0 Å². The van der Waals surface area contributed by atoms with Gasteiger partial charge in [0.1, 0.15) is 6.61 Å². The molecule has 0 N–H and O–H groups in total. The van der Waals surface area contributed by atoms with Gasteiger partial charge in [0.2, 0.25) is 0 Å². The van der Waals surface area contributed by atoms with Crippen LogP contribution in [0.5, 0.6) is 0 Å². The molecule has 0 bridgehead atoms. The zero-order chi connectivity index (χ0) is 5.28. The van der Waals surface area contributed by atoms with Crippen LogP contribution < -0.4 is 0 Å². The lowest BCUT2D eigenvalue weighted by molar-refractivity contribution is -0.121. The quantitative estimate of drug-likeness (QED) is 0.429. The van der Waals surface area contributed by atoms with Gasteiger partial charge in [-0.25, -0.2) is 4.39 Å². The Morgan fingerprint density at radius 1 is 1.86 bits per heavy atom. The van der Waals surface area contributed by atoms with Crippen molar-refractivity contribution >= 4 is 5.78 Å². The van der Waals surface area contributed by atoms with Crippen LogP contribution in [0.1, 0.15) is 0 Å². The highest BCUT2D eigenvalue weighted by Gasteiger charge is 2.23. The lowest BCUT2D eigenvalue weighted by Gasteiger charge is -1.84. The van der Waals surface area contributed by atoms with E-state index in [1.807, 2.05) is 0 Å². The molecule has 0 unspecified atom stereocenters. The Hall–Kier alpha value is -0.440. The minimum Gasteiger partial charge on any atom is -0.370 e. The van der Waals surface area contributed by atoms with Crippen LogP contribution in [-0.4, -0.2) is 25.2 Å². The molecule has 0 aromatic heterocycles. The Morgan fingerprint density at radius 3 is 2.71 bits per heavy atom. The fraction of sp³-hybridized carbons (Fsp3) is 0.750.